The van der Waals surface area contributed by atoms with Crippen LogP contribution in [-0.4, -0.2) is 4.98 Å². The summed E-state index contributed by atoms with van der Waals surface area (Å²) in [5.74, 6) is 0. The largest absolute Gasteiger partial charge is 0.244 e. The Balaban J connectivity index is 0. The monoisotopic (exact) mass is 187 g/mol. The van der Waals surface area contributed by atoms with Gasteiger partial charge in [-0.3, -0.25) is 0 Å². The number of hydrogen-bond donors (Lipinski definition) is 0. The molecule has 0 spiro atoms. The maximum atomic E-state index is 5.56. The van der Waals surface area contributed by atoms with Crippen molar-refractivity contribution in [2.24, 2.45) is 0 Å². The van der Waals surface area contributed by atoms with E-state index >= 15 is 0 Å². The Bertz CT molecular complexity index is 182. The highest BCUT2D eigenvalue weighted by molar-refractivity contribution is 6.29. The van der Waals surface area contributed by atoms with E-state index in [-0.39, 0.29) is 7.43 Å². The first-order chi connectivity index (χ1) is 5.33. The van der Waals surface area contributed by atoms with Crippen LogP contribution in [0.25, 0.3) is 0 Å². The van der Waals surface area contributed by atoms with Crippen LogP contribution in [-0.2, 0) is 6.42 Å². The first-order valence-corrected chi connectivity index (χ1v) is 4.31. The van der Waals surface area contributed by atoms with Crippen LogP contribution in [0.5, 0.6) is 0 Å². The van der Waals surface area contributed by atoms with Crippen LogP contribution in [0.4, 0.5) is 0 Å². The van der Waals surface area contributed by atoms with Gasteiger partial charge in [-0.05, 0) is 18.1 Å². The molecule has 0 aliphatic carbocycles. The molecular weight excluding hydrogens is 170 g/mol. The van der Waals surface area contributed by atoms with Crippen molar-refractivity contribution in [3.8, 4) is 0 Å². The number of halogens is 1. The van der Waals surface area contributed by atoms with Crippen molar-refractivity contribution >= 4 is 11.6 Å². The van der Waals surface area contributed by atoms with E-state index in [2.05, 4.69) is 11.9 Å². The average Bonchev–Trinajstić information content (AvgIpc) is 2.10. The molecule has 70 valence electrons. The van der Waals surface area contributed by atoms with Gasteiger partial charge in [0.15, 0.2) is 0 Å². The van der Waals surface area contributed by atoms with Crippen LogP contribution in [0.2, 0.25) is 5.15 Å². The number of hydrogen-bond acceptors (Lipinski definition) is 1. The van der Waals surface area contributed by atoms with Crippen molar-refractivity contribution in [1.29, 1.82) is 0 Å². The van der Waals surface area contributed by atoms with Crippen molar-refractivity contribution < 1.29 is 0 Å². The van der Waals surface area contributed by atoms with E-state index in [4.69, 9.17) is 11.6 Å². The molecule has 1 nitrogen and oxygen atoms in total. The lowest BCUT2D eigenvalue weighted by Gasteiger charge is -1.92. The van der Waals surface area contributed by atoms with Gasteiger partial charge in [0.2, 0.25) is 0 Å². The maximum absolute atomic E-state index is 5.56. The number of rotatable bonds is 1. The van der Waals surface area contributed by atoms with E-state index in [1.807, 2.05) is 19.9 Å². The molecule has 0 unspecified atom stereocenters. The number of aromatic nitrogens is 1. The second-order valence-corrected chi connectivity index (χ2v) is 2.23. The summed E-state index contributed by atoms with van der Waals surface area (Å²) in [6.07, 6.45) is 2.81. The fraction of sp³-hybridized carbons (Fsp3) is 0.500. The fourth-order valence-electron chi connectivity index (χ4n) is 0.616. The summed E-state index contributed by atoms with van der Waals surface area (Å²) < 4.78 is 0. The molecule has 2 heteroatoms. The Hall–Kier alpha value is -0.560. The number of nitrogens with zero attached hydrogens (tertiary/aromatic N) is 1. The van der Waals surface area contributed by atoms with Gasteiger partial charge in [0.1, 0.15) is 5.15 Å². The molecule has 1 aromatic rings. The molecule has 0 bridgehead atoms. The highest BCUT2D eigenvalue weighted by Gasteiger charge is 1.87. The predicted octanol–water partition coefficient (Wildman–Crippen LogP) is 3.96. The summed E-state index contributed by atoms with van der Waals surface area (Å²) in [4.78, 5) is 3.92. The molecule has 12 heavy (non-hydrogen) atoms. The molecule has 0 saturated carbocycles. The molecule has 1 aromatic heterocycles. The van der Waals surface area contributed by atoms with E-state index in [1.165, 1.54) is 5.56 Å². The molecule has 0 radical (unpaired) electrons. The van der Waals surface area contributed by atoms with Crippen LogP contribution in [0, 0.1) is 0 Å². The first-order valence-electron chi connectivity index (χ1n) is 3.93. The molecule has 0 atom stereocenters. The van der Waals surface area contributed by atoms with Crippen LogP contribution in [0.3, 0.4) is 0 Å². The Morgan fingerprint density at radius 1 is 1.33 bits per heavy atom. The topological polar surface area (TPSA) is 12.9 Å². The van der Waals surface area contributed by atoms with Gasteiger partial charge < -0.3 is 0 Å². The standard InChI is InChI=1S/C7H8ClN.C2H6.CH4/c1-2-6-3-4-7(8)9-5-6;1-2;/h3-5H,2H2,1H3;1-2H3;1H4. The van der Waals surface area contributed by atoms with Gasteiger partial charge in [0.05, 0.1) is 0 Å². The number of aryl methyl sites for hydroxylation is 1. The molecule has 0 saturated heterocycles. The average molecular weight is 188 g/mol. The van der Waals surface area contributed by atoms with Gasteiger partial charge in [0.25, 0.3) is 0 Å². The smallest absolute Gasteiger partial charge is 0.129 e. The second-order valence-electron chi connectivity index (χ2n) is 1.84. The third-order valence-corrected chi connectivity index (χ3v) is 1.42. The molecule has 0 amide bonds. The Labute approximate surface area is 80.8 Å². The minimum Gasteiger partial charge on any atom is -0.244 e. The lowest BCUT2D eigenvalue weighted by molar-refractivity contribution is 1.10. The summed E-state index contributed by atoms with van der Waals surface area (Å²) >= 11 is 5.56. The predicted molar refractivity (Wildman–Crippen MR) is 56.7 cm³/mol. The van der Waals surface area contributed by atoms with E-state index in [0.717, 1.165) is 6.42 Å². The molecule has 1 heterocycles. The Kier molecular flexibility index (Phi) is 9.95. The van der Waals surface area contributed by atoms with Crippen molar-refractivity contribution in [2.75, 3.05) is 0 Å². The number of pyridine rings is 1. The van der Waals surface area contributed by atoms with E-state index in [9.17, 15) is 0 Å². The SMILES string of the molecule is C.CC.CCc1ccc(Cl)nc1. The maximum Gasteiger partial charge on any atom is 0.129 e. The zero-order valence-corrected chi connectivity index (χ0v) is 8.02. The van der Waals surface area contributed by atoms with Crippen LogP contribution in [0.15, 0.2) is 18.3 Å². The quantitative estimate of drug-likeness (QED) is 0.607. The lowest BCUT2D eigenvalue weighted by atomic mass is 10.2. The molecule has 0 N–H and O–H groups in total. The summed E-state index contributed by atoms with van der Waals surface area (Å²) in [7, 11) is 0. The second kappa shape index (κ2) is 8.54. The summed E-state index contributed by atoms with van der Waals surface area (Å²) in [5.41, 5.74) is 1.22. The Morgan fingerprint density at radius 2 is 1.92 bits per heavy atom. The van der Waals surface area contributed by atoms with Gasteiger partial charge in [-0.25, -0.2) is 4.98 Å². The van der Waals surface area contributed by atoms with E-state index in [0.29, 0.717) is 5.15 Å². The van der Waals surface area contributed by atoms with Crippen molar-refractivity contribution in [1.82, 2.24) is 4.98 Å². The molecule has 0 aliphatic heterocycles. The lowest BCUT2D eigenvalue weighted by Crippen LogP contribution is -1.80. The van der Waals surface area contributed by atoms with Crippen LogP contribution in [0.1, 0.15) is 33.8 Å². The fourth-order valence-corrected chi connectivity index (χ4v) is 0.727. The third kappa shape index (κ3) is 5.14. The first kappa shape index (κ1) is 14.0. The van der Waals surface area contributed by atoms with Crippen LogP contribution < -0.4 is 0 Å². The zero-order chi connectivity index (χ0) is 8.69. The molecule has 0 aromatic carbocycles. The van der Waals surface area contributed by atoms with Crippen molar-refractivity contribution in [2.45, 2.75) is 34.6 Å². The normalized spacial score (nSPS) is 7.67. The molecule has 1 rings (SSSR count). The van der Waals surface area contributed by atoms with E-state index in [1.54, 1.807) is 12.3 Å². The minimum absolute atomic E-state index is 0. The van der Waals surface area contributed by atoms with Crippen molar-refractivity contribution in [3.63, 3.8) is 0 Å². The Morgan fingerprint density at radius 3 is 2.25 bits per heavy atom. The molecule has 0 fully saturated rings. The van der Waals surface area contributed by atoms with Crippen molar-refractivity contribution in [3.05, 3.63) is 29.0 Å². The van der Waals surface area contributed by atoms with Gasteiger partial charge >= 0.3 is 0 Å². The highest BCUT2D eigenvalue weighted by Crippen LogP contribution is 2.04. The van der Waals surface area contributed by atoms with Gasteiger partial charge in [0, 0.05) is 6.20 Å². The van der Waals surface area contributed by atoms with Gasteiger partial charge in [-0.15, -0.1) is 0 Å². The third-order valence-electron chi connectivity index (χ3n) is 1.20. The molecule has 0 aliphatic rings. The summed E-state index contributed by atoms with van der Waals surface area (Å²) in [6.45, 7) is 6.09. The molecular formula is C10H18ClN. The van der Waals surface area contributed by atoms with E-state index < -0.39 is 0 Å². The van der Waals surface area contributed by atoms with Gasteiger partial charge in [-0.1, -0.05) is 45.9 Å². The summed E-state index contributed by atoms with van der Waals surface area (Å²) in [6, 6.07) is 3.79. The summed E-state index contributed by atoms with van der Waals surface area (Å²) in [5, 5.41) is 0.562. The van der Waals surface area contributed by atoms with Gasteiger partial charge in [-0.2, -0.15) is 0 Å². The zero-order valence-electron chi connectivity index (χ0n) is 7.26. The van der Waals surface area contributed by atoms with Crippen LogP contribution >= 0.6 is 11.6 Å². The highest BCUT2D eigenvalue weighted by atomic mass is 35.5. The minimum atomic E-state index is 0.